The number of aromatic amines is 1. The number of sulfone groups is 1. The Morgan fingerprint density at radius 2 is 1.95 bits per heavy atom. The van der Waals surface area contributed by atoms with E-state index in [-0.39, 0.29) is 11.2 Å². The second kappa shape index (κ2) is 4.79. The molecular weight excluding hydrogens is 292 g/mol. The summed E-state index contributed by atoms with van der Waals surface area (Å²) in [4.78, 5) is 16.5. The summed E-state index contributed by atoms with van der Waals surface area (Å²) in [6.45, 7) is 2.88. The van der Waals surface area contributed by atoms with E-state index >= 15 is 0 Å². The molecule has 2 aliphatic rings. The van der Waals surface area contributed by atoms with E-state index in [1.165, 1.54) is 20.3 Å². The average Bonchev–Trinajstić information content (AvgIpc) is 3.11. The van der Waals surface area contributed by atoms with Crippen LogP contribution in [-0.4, -0.2) is 39.5 Å². The van der Waals surface area contributed by atoms with Gasteiger partial charge in [0.05, 0.1) is 5.25 Å². The highest BCUT2D eigenvalue weighted by atomic mass is 32.2. The van der Waals surface area contributed by atoms with Crippen molar-refractivity contribution in [1.82, 2.24) is 15.2 Å². The van der Waals surface area contributed by atoms with Crippen molar-refractivity contribution in [2.24, 2.45) is 0 Å². The maximum atomic E-state index is 12.3. The molecule has 1 heterocycles. The van der Waals surface area contributed by atoms with Gasteiger partial charge in [0.25, 0.3) is 0 Å². The summed E-state index contributed by atoms with van der Waals surface area (Å²) in [7, 11) is -3.47. The van der Waals surface area contributed by atoms with E-state index in [0.29, 0.717) is 18.8 Å². The molecule has 1 amide bonds. The molecule has 2 saturated carbocycles. The molecule has 1 aromatic rings. The van der Waals surface area contributed by atoms with Crippen LogP contribution in [-0.2, 0) is 14.6 Å². The number of hydrogen-bond acceptors (Lipinski definition) is 5. The van der Waals surface area contributed by atoms with Crippen LogP contribution in [0.4, 0.5) is 5.95 Å². The lowest BCUT2D eigenvalue weighted by Crippen LogP contribution is -2.46. The summed E-state index contributed by atoms with van der Waals surface area (Å²) in [5, 5.41) is 8.91. The molecule has 0 aliphatic heterocycles. The Labute approximate surface area is 123 Å². The quantitative estimate of drug-likeness (QED) is 0.854. The van der Waals surface area contributed by atoms with Crippen LogP contribution in [0.2, 0.25) is 0 Å². The number of H-pyrrole nitrogens is 1. The SMILES string of the molecule is CC(C)(C(=O)Nc1n[nH]c(C2CCC2)n1)S(=O)(=O)C1CC1. The van der Waals surface area contributed by atoms with Gasteiger partial charge in [-0.05, 0) is 39.5 Å². The molecule has 0 saturated heterocycles. The minimum atomic E-state index is -3.47. The third kappa shape index (κ3) is 2.45. The van der Waals surface area contributed by atoms with Crippen LogP contribution in [0.3, 0.4) is 0 Å². The number of rotatable bonds is 5. The maximum Gasteiger partial charge on any atom is 0.248 e. The summed E-state index contributed by atoms with van der Waals surface area (Å²) >= 11 is 0. The molecule has 0 aromatic carbocycles. The number of nitrogens with zero attached hydrogens (tertiary/aromatic N) is 2. The van der Waals surface area contributed by atoms with E-state index in [1.807, 2.05) is 0 Å². The fourth-order valence-corrected chi connectivity index (χ4v) is 4.27. The Balaban J connectivity index is 1.71. The molecule has 2 aliphatic carbocycles. The Morgan fingerprint density at radius 1 is 1.29 bits per heavy atom. The third-order valence-electron chi connectivity index (χ3n) is 4.44. The van der Waals surface area contributed by atoms with E-state index in [2.05, 4.69) is 20.5 Å². The number of amides is 1. The highest BCUT2D eigenvalue weighted by Crippen LogP contribution is 2.37. The van der Waals surface area contributed by atoms with Crippen LogP contribution < -0.4 is 5.32 Å². The van der Waals surface area contributed by atoms with Crippen LogP contribution in [0.25, 0.3) is 0 Å². The predicted octanol–water partition coefficient (Wildman–Crippen LogP) is 1.37. The van der Waals surface area contributed by atoms with Crippen LogP contribution in [0, 0.1) is 0 Å². The first kappa shape index (κ1) is 14.5. The second-order valence-corrected chi connectivity index (χ2v) is 9.16. The minimum Gasteiger partial charge on any atom is -0.292 e. The van der Waals surface area contributed by atoms with Gasteiger partial charge in [-0.3, -0.25) is 15.2 Å². The van der Waals surface area contributed by atoms with E-state index in [0.717, 1.165) is 18.7 Å². The van der Waals surface area contributed by atoms with Crippen LogP contribution in [0.1, 0.15) is 57.7 Å². The van der Waals surface area contributed by atoms with Crippen molar-refractivity contribution >= 4 is 21.7 Å². The monoisotopic (exact) mass is 312 g/mol. The zero-order valence-corrected chi connectivity index (χ0v) is 13.0. The molecule has 0 spiro atoms. The van der Waals surface area contributed by atoms with Gasteiger partial charge in [0.15, 0.2) is 9.84 Å². The van der Waals surface area contributed by atoms with Crippen molar-refractivity contribution in [1.29, 1.82) is 0 Å². The molecule has 7 nitrogen and oxygen atoms in total. The van der Waals surface area contributed by atoms with Crippen LogP contribution in [0.5, 0.6) is 0 Å². The fourth-order valence-electron chi connectivity index (χ4n) is 2.37. The molecule has 1 aromatic heterocycles. The molecule has 0 radical (unpaired) electrons. The zero-order chi connectivity index (χ0) is 15.3. The highest BCUT2D eigenvalue weighted by Gasteiger charge is 2.50. The van der Waals surface area contributed by atoms with Crippen molar-refractivity contribution in [3.8, 4) is 0 Å². The first-order valence-electron chi connectivity index (χ1n) is 7.29. The molecule has 0 bridgehead atoms. The van der Waals surface area contributed by atoms with Gasteiger partial charge >= 0.3 is 0 Å². The van der Waals surface area contributed by atoms with E-state index < -0.39 is 20.5 Å². The lowest BCUT2D eigenvalue weighted by molar-refractivity contribution is -0.117. The van der Waals surface area contributed by atoms with Gasteiger partial charge in [0, 0.05) is 5.92 Å². The molecular formula is C13H20N4O3S. The number of anilines is 1. The number of hydrogen-bond donors (Lipinski definition) is 2. The van der Waals surface area contributed by atoms with E-state index in [9.17, 15) is 13.2 Å². The van der Waals surface area contributed by atoms with Gasteiger partial charge in [-0.25, -0.2) is 8.42 Å². The van der Waals surface area contributed by atoms with Gasteiger partial charge in [0.1, 0.15) is 10.6 Å². The summed E-state index contributed by atoms with van der Waals surface area (Å²) in [5.41, 5.74) is 0. The van der Waals surface area contributed by atoms with E-state index in [1.54, 1.807) is 0 Å². The van der Waals surface area contributed by atoms with Crippen LogP contribution in [0.15, 0.2) is 0 Å². The third-order valence-corrected chi connectivity index (χ3v) is 7.40. The first-order chi connectivity index (χ1) is 9.82. The van der Waals surface area contributed by atoms with Gasteiger partial charge in [0.2, 0.25) is 11.9 Å². The smallest absolute Gasteiger partial charge is 0.248 e. The number of carbonyl (C=O) groups is 1. The molecule has 0 unspecified atom stereocenters. The van der Waals surface area contributed by atoms with E-state index in [4.69, 9.17) is 0 Å². The zero-order valence-electron chi connectivity index (χ0n) is 12.2. The van der Waals surface area contributed by atoms with Crippen LogP contribution >= 0.6 is 0 Å². The summed E-state index contributed by atoms with van der Waals surface area (Å²) < 4.78 is 23.1. The molecule has 21 heavy (non-hydrogen) atoms. The Morgan fingerprint density at radius 3 is 2.48 bits per heavy atom. The maximum absolute atomic E-state index is 12.3. The van der Waals surface area contributed by atoms with Crippen molar-refractivity contribution in [3.05, 3.63) is 5.82 Å². The first-order valence-corrected chi connectivity index (χ1v) is 8.84. The predicted molar refractivity (Wildman–Crippen MR) is 77.6 cm³/mol. The number of nitrogens with one attached hydrogen (secondary N) is 2. The fraction of sp³-hybridized carbons (Fsp3) is 0.769. The van der Waals surface area contributed by atoms with Crippen molar-refractivity contribution < 1.29 is 13.2 Å². The Bertz CT molecular complexity index is 657. The molecule has 116 valence electrons. The van der Waals surface area contributed by atoms with Crippen molar-refractivity contribution in [2.75, 3.05) is 5.32 Å². The van der Waals surface area contributed by atoms with Gasteiger partial charge < -0.3 is 0 Å². The standard InChI is InChI=1S/C13H20N4O3S/c1-13(2,21(19,20)9-6-7-9)11(18)15-12-14-10(16-17-12)8-4-3-5-8/h8-9H,3-7H2,1-2H3,(H2,14,15,16,17,18). The second-order valence-electron chi connectivity index (χ2n) is 6.38. The molecule has 2 N–H and O–H groups in total. The topological polar surface area (TPSA) is 105 Å². The molecule has 2 fully saturated rings. The molecule has 8 heteroatoms. The number of aromatic nitrogens is 3. The molecule has 0 atom stereocenters. The summed E-state index contributed by atoms with van der Waals surface area (Å²) in [6.07, 6.45) is 4.62. The number of carbonyl (C=O) groups excluding carboxylic acids is 1. The summed E-state index contributed by atoms with van der Waals surface area (Å²) in [5.74, 6) is 0.722. The summed E-state index contributed by atoms with van der Waals surface area (Å²) in [6, 6.07) is 0. The Kier molecular flexibility index (Phi) is 3.31. The van der Waals surface area contributed by atoms with Gasteiger partial charge in [-0.15, -0.1) is 5.10 Å². The lowest BCUT2D eigenvalue weighted by Gasteiger charge is -2.23. The van der Waals surface area contributed by atoms with Gasteiger partial charge in [-0.1, -0.05) is 6.42 Å². The normalized spacial score (nSPS) is 20.1. The average molecular weight is 312 g/mol. The Hall–Kier alpha value is -1.44. The lowest BCUT2D eigenvalue weighted by atomic mass is 9.85. The van der Waals surface area contributed by atoms with Crippen molar-refractivity contribution in [3.63, 3.8) is 0 Å². The van der Waals surface area contributed by atoms with Gasteiger partial charge in [-0.2, -0.15) is 4.98 Å². The molecule has 3 rings (SSSR count). The minimum absolute atomic E-state index is 0.154. The highest BCUT2D eigenvalue weighted by molar-refractivity contribution is 7.94. The largest absolute Gasteiger partial charge is 0.292 e. The van der Waals surface area contributed by atoms with Crippen molar-refractivity contribution in [2.45, 2.75) is 61.9 Å².